The van der Waals surface area contributed by atoms with E-state index in [0.717, 1.165) is 11.3 Å². The topological polar surface area (TPSA) is 88.6 Å². The van der Waals surface area contributed by atoms with Crippen LogP contribution in [-0.4, -0.2) is 25.5 Å². The first kappa shape index (κ1) is 18.8. The van der Waals surface area contributed by atoms with Crippen LogP contribution in [0.1, 0.15) is 11.3 Å². The molecule has 2 N–H and O–H groups in total. The van der Waals surface area contributed by atoms with Crippen molar-refractivity contribution in [2.75, 3.05) is 0 Å². The fourth-order valence-electron chi connectivity index (χ4n) is 2.99. The number of carbonyl (C=O) groups is 1. The van der Waals surface area contributed by atoms with Crippen LogP contribution in [0.4, 0.5) is 5.69 Å². The quantitative estimate of drug-likeness (QED) is 0.655. The Kier molecular flexibility index (Phi) is 4.85. The van der Waals surface area contributed by atoms with Gasteiger partial charge in [0.1, 0.15) is 5.75 Å². The van der Waals surface area contributed by atoms with Crippen molar-refractivity contribution < 1.29 is 9.90 Å². The molecule has 0 atom stereocenters. The van der Waals surface area contributed by atoms with Gasteiger partial charge in [-0.25, -0.2) is 9.67 Å². The lowest BCUT2D eigenvalue weighted by Gasteiger charge is -2.07. The van der Waals surface area contributed by atoms with E-state index in [-0.39, 0.29) is 22.9 Å². The molecule has 0 spiro atoms. The summed E-state index contributed by atoms with van der Waals surface area (Å²) in [7, 11) is 1.80. The molecule has 7 nitrogen and oxygen atoms in total. The molecule has 3 aromatic rings. The molecule has 2 aromatic carbocycles. The molecule has 1 fully saturated rings. The fraction of sp³-hybridized carbons (Fsp3) is 0.0952. The van der Waals surface area contributed by atoms with E-state index in [9.17, 15) is 14.7 Å². The van der Waals surface area contributed by atoms with Crippen LogP contribution in [0.15, 0.2) is 69.3 Å². The number of para-hydroxylation sites is 1. The number of thioether (sulfide) groups is 1. The van der Waals surface area contributed by atoms with Gasteiger partial charge in [0.15, 0.2) is 10.9 Å². The van der Waals surface area contributed by atoms with Gasteiger partial charge in [-0.05, 0) is 54.6 Å². The Labute approximate surface area is 171 Å². The number of nitrogens with zero attached hydrogens (tertiary/aromatic N) is 3. The minimum absolute atomic E-state index is 0.159. The molecule has 146 valence electrons. The second kappa shape index (κ2) is 7.48. The van der Waals surface area contributed by atoms with Crippen LogP contribution in [-0.2, 0) is 11.8 Å². The number of rotatable bonds is 3. The predicted octanol–water partition coefficient (Wildman–Crippen LogP) is 3.08. The summed E-state index contributed by atoms with van der Waals surface area (Å²) in [6.07, 6.45) is 1.71. The van der Waals surface area contributed by atoms with Gasteiger partial charge in [-0.3, -0.25) is 14.3 Å². The van der Waals surface area contributed by atoms with Crippen molar-refractivity contribution in [2.45, 2.75) is 6.92 Å². The van der Waals surface area contributed by atoms with Crippen molar-refractivity contribution in [3.8, 4) is 11.4 Å². The third kappa shape index (κ3) is 3.62. The number of aromatic hydroxyl groups is 1. The lowest BCUT2D eigenvalue weighted by molar-refractivity contribution is -0.115. The summed E-state index contributed by atoms with van der Waals surface area (Å²) < 4.78 is 3.29. The molecule has 0 bridgehead atoms. The van der Waals surface area contributed by atoms with Crippen LogP contribution in [0.5, 0.6) is 5.75 Å². The molecule has 1 saturated heterocycles. The van der Waals surface area contributed by atoms with E-state index >= 15 is 0 Å². The third-order valence-electron chi connectivity index (χ3n) is 4.58. The van der Waals surface area contributed by atoms with E-state index in [1.165, 1.54) is 11.8 Å². The second-order valence-corrected chi connectivity index (χ2v) is 7.51. The molecule has 29 heavy (non-hydrogen) atoms. The summed E-state index contributed by atoms with van der Waals surface area (Å²) in [5.74, 6) is -0.119. The Balaban J connectivity index is 1.68. The number of nitrogens with one attached hydrogen (secondary N) is 1. The lowest BCUT2D eigenvalue weighted by atomic mass is 10.2. The number of aliphatic imine (C=N–C) groups is 1. The van der Waals surface area contributed by atoms with Crippen molar-refractivity contribution in [1.29, 1.82) is 0 Å². The fourth-order valence-corrected chi connectivity index (χ4v) is 3.81. The Morgan fingerprint density at radius 1 is 1.07 bits per heavy atom. The molecule has 1 amide bonds. The van der Waals surface area contributed by atoms with Gasteiger partial charge < -0.3 is 10.4 Å². The summed E-state index contributed by atoms with van der Waals surface area (Å²) in [5, 5.41) is 12.4. The number of hydrogen-bond acceptors (Lipinski definition) is 5. The van der Waals surface area contributed by atoms with Crippen LogP contribution in [0.3, 0.4) is 0 Å². The highest BCUT2D eigenvalue weighted by Crippen LogP contribution is 2.28. The van der Waals surface area contributed by atoms with E-state index in [1.54, 1.807) is 46.8 Å². The zero-order chi connectivity index (χ0) is 20.5. The molecule has 1 aromatic heterocycles. The summed E-state index contributed by atoms with van der Waals surface area (Å²) in [6, 6.07) is 15.8. The number of phenols is 1. The van der Waals surface area contributed by atoms with Gasteiger partial charge in [-0.15, -0.1) is 0 Å². The maximum absolute atomic E-state index is 13.0. The zero-order valence-electron chi connectivity index (χ0n) is 15.8. The number of hydrogen-bond donors (Lipinski definition) is 2. The van der Waals surface area contributed by atoms with Crippen molar-refractivity contribution >= 4 is 34.6 Å². The van der Waals surface area contributed by atoms with Crippen molar-refractivity contribution in [2.24, 2.45) is 12.0 Å². The normalized spacial score (nSPS) is 16.6. The summed E-state index contributed by atoms with van der Waals surface area (Å²) in [4.78, 5) is 30.1. The Hall–Kier alpha value is -3.52. The summed E-state index contributed by atoms with van der Waals surface area (Å²) >= 11 is 1.17. The van der Waals surface area contributed by atoms with Gasteiger partial charge in [0.05, 0.1) is 16.3 Å². The van der Waals surface area contributed by atoms with Gasteiger partial charge in [0, 0.05) is 7.05 Å². The lowest BCUT2D eigenvalue weighted by Crippen LogP contribution is -2.21. The Morgan fingerprint density at radius 3 is 2.45 bits per heavy atom. The number of amidine groups is 1. The van der Waals surface area contributed by atoms with E-state index in [1.807, 2.05) is 37.3 Å². The largest absolute Gasteiger partial charge is 0.508 e. The summed E-state index contributed by atoms with van der Waals surface area (Å²) in [5.41, 5.74) is 2.24. The van der Waals surface area contributed by atoms with Crippen LogP contribution in [0, 0.1) is 6.92 Å². The van der Waals surface area contributed by atoms with E-state index in [4.69, 9.17) is 0 Å². The Morgan fingerprint density at radius 2 is 1.76 bits per heavy atom. The minimum atomic E-state index is -0.279. The molecule has 0 saturated carbocycles. The highest BCUT2D eigenvalue weighted by molar-refractivity contribution is 8.18. The first-order valence-electron chi connectivity index (χ1n) is 8.86. The molecule has 1 aliphatic heterocycles. The average molecular weight is 406 g/mol. The number of aromatic nitrogens is 2. The number of carbonyl (C=O) groups excluding carboxylic acids is 1. The number of benzene rings is 2. The molecule has 0 aliphatic carbocycles. The van der Waals surface area contributed by atoms with Gasteiger partial charge in [-0.2, -0.15) is 0 Å². The van der Waals surface area contributed by atoms with Crippen molar-refractivity contribution in [3.05, 3.63) is 81.1 Å². The molecule has 4 rings (SSSR count). The number of phenolic OH excluding ortho intramolecular Hbond substituents is 1. The standard InChI is InChI=1S/C21H18N4O3S/c1-13-18(20(28)25(24(13)2)15-6-4-3-5-7-15)22-21-23-19(27)17(29-21)12-14-8-10-16(26)11-9-14/h3-12,26H,1-2H3,(H,22,23,27)/b17-12+. The minimum Gasteiger partial charge on any atom is -0.508 e. The van der Waals surface area contributed by atoms with Crippen molar-refractivity contribution in [1.82, 2.24) is 14.7 Å². The van der Waals surface area contributed by atoms with Gasteiger partial charge >= 0.3 is 0 Å². The molecule has 2 heterocycles. The maximum atomic E-state index is 13.0. The molecule has 1 aliphatic rings. The van der Waals surface area contributed by atoms with Crippen molar-refractivity contribution in [3.63, 3.8) is 0 Å². The van der Waals surface area contributed by atoms with Gasteiger partial charge in [0.25, 0.3) is 11.5 Å². The van der Waals surface area contributed by atoms with Crippen LogP contribution >= 0.6 is 11.8 Å². The van der Waals surface area contributed by atoms with Crippen LogP contribution < -0.4 is 10.9 Å². The van der Waals surface area contributed by atoms with Gasteiger partial charge in [0.2, 0.25) is 0 Å². The highest BCUT2D eigenvalue weighted by atomic mass is 32.2. The Bertz CT molecular complexity index is 1210. The van der Waals surface area contributed by atoms with Crippen LogP contribution in [0.25, 0.3) is 11.8 Å². The van der Waals surface area contributed by atoms with Gasteiger partial charge in [-0.1, -0.05) is 30.3 Å². The maximum Gasteiger partial charge on any atom is 0.297 e. The van der Waals surface area contributed by atoms with E-state index < -0.39 is 0 Å². The van der Waals surface area contributed by atoms with E-state index in [2.05, 4.69) is 10.3 Å². The van der Waals surface area contributed by atoms with E-state index in [0.29, 0.717) is 15.8 Å². The predicted molar refractivity (Wildman–Crippen MR) is 115 cm³/mol. The zero-order valence-corrected chi connectivity index (χ0v) is 16.6. The molecule has 0 unspecified atom stereocenters. The molecular weight excluding hydrogens is 388 g/mol. The molecule has 0 radical (unpaired) electrons. The smallest absolute Gasteiger partial charge is 0.297 e. The van der Waals surface area contributed by atoms with Crippen LogP contribution in [0.2, 0.25) is 0 Å². The number of amides is 1. The summed E-state index contributed by atoms with van der Waals surface area (Å²) in [6.45, 7) is 1.81. The average Bonchev–Trinajstić information content (AvgIpc) is 3.16. The monoisotopic (exact) mass is 406 g/mol. The third-order valence-corrected chi connectivity index (χ3v) is 5.49. The second-order valence-electron chi connectivity index (χ2n) is 6.48. The SMILES string of the molecule is Cc1c(N=C2NC(=O)/C(=C\c3ccc(O)cc3)S2)c(=O)n(-c2ccccc2)n1C. The molecule has 8 heteroatoms. The molecular formula is C21H18N4O3S. The first-order valence-corrected chi connectivity index (χ1v) is 9.68. The first-order chi connectivity index (χ1) is 13.9. The highest BCUT2D eigenvalue weighted by Gasteiger charge is 2.25.